The van der Waals surface area contributed by atoms with Gasteiger partial charge in [-0.1, -0.05) is 11.3 Å². The van der Waals surface area contributed by atoms with E-state index < -0.39 is 10.8 Å². The van der Waals surface area contributed by atoms with Crippen molar-refractivity contribution >= 4 is 39.5 Å². The van der Waals surface area contributed by atoms with Gasteiger partial charge in [0, 0.05) is 29.6 Å². The number of aromatic nitrogens is 3. The lowest BCUT2D eigenvalue weighted by molar-refractivity contribution is -0.384. The SMILES string of the molecule is Cc1sc2nc(NC(=O)c3ccc(N4CCCC4)c([N+](=O)[O-])c3)nn2c1C. The Morgan fingerprint density at radius 1 is 1.30 bits per heavy atom. The van der Waals surface area contributed by atoms with Gasteiger partial charge >= 0.3 is 0 Å². The maximum Gasteiger partial charge on any atom is 0.293 e. The highest BCUT2D eigenvalue weighted by molar-refractivity contribution is 7.17. The van der Waals surface area contributed by atoms with E-state index in [0.29, 0.717) is 10.6 Å². The number of nitrogens with zero attached hydrogens (tertiary/aromatic N) is 5. The molecule has 1 fully saturated rings. The van der Waals surface area contributed by atoms with Crippen molar-refractivity contribution in [3.8, 4) is 0 Å². The molecule has 140 valence electrons. The van der Waals surface area contributed by atoms with E-state index in [4.69, 9.17) is 0 Å². The number of nitro groups is 1. The number of aryl methyl sites for hydroxylation is 2. The Balaban J connectivity index is 1.60. The smallest absolute Gasteiger partial charge is 0.293 e. The molecule has 1 N–H and O–H groups in total. The molecule has 10 heteroatoms. The fourth-order valence-electron chi connectivity index (χ4n) is 3.21. The van der Waals surface area contributed by atoms with Gasteiger partial charge in [0.15, 0.2) is 0 Å². The van der Waals surface area contributed by atoms with Gasteiger partial charge in [-0.3, -0.25) is 20.2 Å². The van der Waals surface area contributed by atoms with Crippen LogP contribution in [0.1, 0.15) is 33.8 Å². The molecule has 9 nitrogen and oxygen atoms in total. The summed E-state index contributed by atoms with van der Waals surface area (Å²) in [5.41, 5.74) is 1.67. The molecule has 0 aliphatic carbocycles. The van der Waals surface area contributed by atoms with Crippen LogP contribution in [0.5, 0.6) is 0 Å². The molecule has 1 aliphatic heterocycles. The van der Waals surface area contributed by atoms with E-state index in [1.807, 2.05) is 18.7 Å². The Morgan fingerprint density at radius 3 is 2.70 bits per heavy atom. The highest BCUT2D eigenvalue weighted by atomic mass is 32.1. The standard InChI is InChI=1S/C17H18N6O3S/c1-10-11(2)27-17-19-16(20-22(10)17)18-15(24)12-5-6-13(14(9-12)23(25)26)21-7-3-4-8-21/h5-6,9H,3-4,7-8H2,1-2H3,(H,18,20,24). The summed E-state index contributed by atoms with van der Waals surface area (Å²) in [5, 5.41) is 18.4. The van der Waals surface area contributed by atoms with Crippen molar-refractivity contribution in [1.82, 2.24) is 14.6 Å². The minimum absolute atomic E-state index is 0.0604. The van der Waals surface area contributed by atoms with Crippen LogP contribution in [0.15, 0.2) is 18.2 Å². The first kappa shape index (κ1) is 17.4. The molecule has 1 aromatic carbocycles. The molecular formula is C17H18N6O3S. The van der Waals surface area contributed by atoms with Gasteiger partial charge < -0.3 is 4.90 Å². The molecule has 1 amide bonds. The van der Waals surface area contributed by atoms with Crippen molar-refractivity contribution in [2.24, 2.45) is 0 Å². The maximum atomic E-state index is 12.5. The monoisotopic (exact) mass is 386 g/mol. The van der Waals surface area contributed by atoms with E-state index in [1.54, 1.807) is 16.6 Å². The number of rotatable bonds is 4. The molecule has 0 unspecified atom stereocenters. The van der Waals surface area contributed by atoms with Gasteiger partial charge in [0.05, 0.1) is 10.6 Å². The van der Waals surface area contributed by atoms with Crippen molar-refractivity contribution in [3.05, 3.63) is 44.4 Å². The zero-order valence-electron chi connectivity index (χ0n) is 14.9. The maximum absolute atomic E-state index is 12.5. The van der Waals surface area contributed by atoms with Crippen LogP contribution >= 0.6 is 11.3 Å². The van der Waals surface area contributed by atoms with Crippen molar-refractivity contribution in [3.63, 3.8) is 0 Å². The van der Waals surface area contributed by atoms with Crippen LogP contribution in [0.3, 0.4) is 0 Å². The number of fused-ring (bicyclic) bond motifs is 1. The van der Waals surface area contributed by atoms with Crippen molar-refractivity contribution < 1.29 is 9.72 Å². The highest BCUT2D eigenvalue weighted by Crippen LogP contribution is 2.32. The molecule has 1 saturated heterocycles. The molecule has 3 aromatic rings. The number of nitro benzene ring substituents is 1. The predicted molar refractivity (Wildman–Crippen MR) is 103 cm³/mol. The number of nitrogens with one attached hydrogen (secondary N) is 1. The van der Waals surface area contributed by atoms with Crippen LogP contribution < -0.4 is 10.2 Å². The Kier molecular flexibility index (Phi) is 4.27. The normalized spacial score (nSPS) is 14.1. The summed E-state index contributed by atoms with van der Waals surface area (Å²) in [6.45, 7) is 5.50. The predicted octanol–water partition coefficient (Wildman–Crippen LogP) is 3.17. The average molecular weight is 386 g/mol. The zero-order valence-corrected chi connectivity index (χ0v) is 15.7. The van der Waals surface area contributed by atoms with Crippen molar-refractivity contribution in [2.75, 3.05) is 23.3 Å². The second-order valence-electron chi connectivity index (χ2n) is 6.48. The van der Waals surface area contributed by atoms with E-state index in [1.165, 1.54) is 17.4 Å². The Labute approximate surface area is 158 Å². The summed E-state index contributed by atoms with van der Waals surface area (Å²) in [4.78, 5) is 31.7. The topological polar surface area (TPSA) is 106 Å². The molecule has 0 radical (unpaired) electrons. The minimum atomic E-state index is -0.473. The van der Waals surface area contributed by atoms with Crippen LogP contribution in [-0.2, 0) is 0 Å². The van der Waals surface area contributed by atoms with Crippen LogP contribution in [0, 0.1) is 24.0 Å². The first-order valence-electron chi connectivity index (χ1n) is 8.61. The van der Waals surface area contributed by atoms with Crippen LogP contribution in [0.2, 0.25) is 0 Å². The summed E-state index contributed by atoms with van der Waals surface area (Å²) in [6.07, 6.45) is 2.03. The number of thiazole rings is 1. The number of benzene rings is 1. The second kappa shape index (κ2) is 6.62. The number of hydrogen-bond acceptors (Lipinski definition) is 7. The summed E-state index contributed by atoms with van der Waals surface area (Å²) in [7, 11) is 0. The van der Waals surface area contributed by atoms with Gasteiger partial charge in [-0.25, -0.2) is 4.52 Å². The van der Waals surface area contributed by atoms with E-state index in [2.05, 4.69) is 15.4 Å². The molecule has 1 aliphatic rings. The third-order valence-corrected chi connectivity index (χ3v) is 5.80. The molecule has 27 heavy (non-hydrogen) atoms. The summed E-state index contributed by atoms with van der Waals surface area (Å²) >= 11 is 1.49. The lowest BCUT2D eigenvalue weighted by atomic mass is 10.1. The molecule has 0 bridgehead atoms. The quantitative estimate of drug-likeness (QED) is 0.545. The molecule has 3 heterocycles. The minimum Gasteiger partial charge on any atom is -0.366 e. The largest absolute Gasteiger partial charge is 0.366 e. The van der Waals surface area contributed by atoms with Crippen LogP contribution in [-0.4, -0.2) is 38.5 Å². The van der Waals surface area contributed by atoms with E-state index in [0.717, 1.165) is 36.5 Å². The Morgan fingerprint density at radius 2 is 2.04 bits per heavy atom. The Bertz CT molecular complexity index is 1050. The number of carbonyl (C=O) groups excluding carboxylic acids is 1. The van der Waals surface area contributed by atoms with Gasteiger partial charge in [-0.15, -0.1) is 5.10 Å². The van der Waals surface area contributed by atoms with E-state index >= 15 is 0 Å². The molecule has 0 saturated carbocycles. The third-order valence-electron chi connectivity index (χ3n) is 4.76. The lowest BCUT2D eigenvalue weighted by Gasteiger charge is -2.17. The van der Waals surface area contributed by atoms with Gasteiger partial charge in [0.25, 0.3) is 17.5 Å². The first-order valence-corrected chi connectivity index (χ1v) is 9.43. The summed E-state index contributed by atoms with van der Waals surface area (Å²) in [6, 6.07) is 4.56. The van der Waals surface area contributed by atoms with E-state index in [-0.39, 0.29) is 17.2 Å². The lowest BCUT2D eigenvalue weighted by Crippen LogP contribution is -2.20. The van der Waals surface area contributed by atoms with Crippen molar-refractivity contribution in [2.45, 2.75) is 26.7 Å². The molecule has 0 atom stereocenters. The molecular weight excluding hydrogens is 368 g/mol. The number of amides is 1. The molecule has 4 rings (SSSR count). The Hall–Kier alpha value is -3.01. The van der Waals surface area contributed by atoms with Gasteiger partial charge in [-0.2, -0.15) is 4.98 Å². The van der Waals surface area contributed by atoms with E-state index in [9.17, 15) is 14.9 Å². The molecule has 0 spiro atoms. The van der Waals surface area contributed by atoms with Gasteiger partial charge in [0.2, 0.25) is 4.96 Å². The number of carbonyl (C=O) groups is 1. The fraction of sp³-hybridized carbons (Fsp3) is 0.353. The van der Waals surface area contributed by atoms with Crippen molar-refractivity contribution in [1.29, 1.82) is 0 Å². The van der Waals surface area contributed by atoms with Crippen LogP contribution in [0.25, 0.3) is 4.96 Å². The average Bonchev–Trinajstić information content (AvgIpc) is 3.35. The fourth-order valence-corrected chi connectivity index (χ4v) is 4.11. The zero-order chi connectivity index (χ0) is 19.1. The third kappa shape index (κ3) is 3.12. The number of anilines is 2. The molecule has 2 aromatic heterocycles. The highest BCUT2D eigenvalue weighted by Gasteiger charge is 2.24. The van der Waals surface area contributed by atoms with Crippen LogP contribution in [0.4, 0.5) is 17.3 Å². The first-order chi connectivity index (χ1) is 12.9. The second-order valence-corrected chi connectivity index (χ2v) is 7.66. The summed E-state index contributed by atoms with van der Waals surface area (Å²) < 4.78 is 1.68. The summed E-state index contributed by atoms with van der Waals surface area (Å²) in [5.74, 6) is -0.292. The van der Waals surface area contributed by atoms with Gasteiger partial charge in [-0.05, 0) is 38.8 Å². The van der Waals surface area contributed by atoms with Gasteiger partial charge in [0.1, 0.15) is 5.69 Å². The number of hydrogen-bond donors (Lipinski definition) is 1.